The van der Waals surface area contributed by atoms with Crippen LogP contribution in [0.5, 0.6) is 11.5 Å². The summed E-state index contributed by atoms with van der Waals surface area (Å²) >= 11 is 1.69. The molecule has 0 aliphatic carbocycles. The van der Waals surface area contributed by atoms with Gasteiger partial charge in [-0.3, -0.25) is 4.79 Å². The number of ether oxygens (including phenoxy) is 2. The molecule has 1 unspecified atom stereocenters. The van der Waals surface area contributed by atoms with E-state index < -0.39 is 0 Å². The zero-order valence-electron chi connectivity index (χ0n) is 14.9. The predicted molar refractivity (Wildman–Crippen MR) is 105 cm³/mol. The van der Waals surface area contributed by atoms with Gasteiger partial charge in [-0.25, -0.2) is 4.98 Å². The molecule has 1 fully saturated rings. The van der Waals surface area contributed by atoms with Crippen LogP contribution in [0.4, 0.5) is 0 Å². The van der Waals surface area contributed by atoms with Crippen LogP contribution in [0.3, 0.4) is 0 Å². The number of fused-ring (bicyclic) bond motifs is 2. The number of thiazole rings is 1. The highest BCUT2D eigenvalue weighted by Crippen LogP contribution is 2.37. The molecule has 3 aromatic rings. The fourth-order valence-electron chi connectivity index (χ4n) is 3.81. The number of likely N-dealkylation sites (tertiary alicyclic amines) is 1. The van der Waals surface area contributed by atoms with E-state index in [1.165, 1.54) is 4.70 Å². The fourth-order valence-corrected chi connectivity index (χ4v) is 4.92. The van der Waals surface area contributed by atoms with Crippen molar-refractivity contribution in [3.8, 4) is 11.5 Å². The van der Waals surface area contributed by atoms with E-state index >= 15 is 0 Å². The molecule has 2 aliphatic rings. The SMILES string of the molecule is O=C(c1ccc2c(c1)OCCO2)N1CCCCC1c1nc2ccccc2s1. The minimum atomic E-state index is 0.0379. The topological polar surface area (TPSA) is 51.7 Å². The van der Waals surface area contributed by atoms with Crippen molar-refractivity contribution < 1.29 is 14.3 Å². The van der Waals surface area contributed by atoms with Crippen LogP contribution >= 0.6 is 11.3 Å². The van der Waals surface area contributed by atoms with Gasteiger partial charge in [-0.15, -0.1) is 11.3 Å². The molecule has 138 valence electrons. The van der Waals surface area contributed by atoms with E-state index in [4.69, 9.17) is 14.5 Å². The zero-order chi connectivity index (χ0) is 18.2. The first-order valence-electron chi connectivity index (χ1n) is 9.36. The van der Waals surface area contributed by atoms with Gasteiger partial charge in [0.05, 0.1) is 16.3 Å². The predicted octanol–water partition coefficient (Wildman–Crippen LogP) is 4.43. The molecule has 1 amide bonds. The van der Waals surface area contributed by atoms with Gasteiger partial charge in [-0.05, 0) is 49.6 Å². The maximum atomic E-state index is 13.3. The molecule has 3 heterocycles. The summed E-state index contributed by atoms with van der Waals surface area (Å²) in [6.45, 7) is 1.82. The van der Waals surface area contributed by atoms with Gasteiger partial charge in [0.25, 0.3) is 5.91 Å². The summed E-state index contributed by atoms with van der Waals surface area (Å²) in [5.74, 6) is 1.40. The van der Waals surface area contributed by atoms with Crippen molar-refractivity contribution in [2.75, 3.05) is 19.8 Å². The van der Waals surface area contributed by atoms with Gasteiger partial charge in [-0.2, -0.15) is 0 Å². The van der Waals surface area contributed by atoms with Gasteiger partial charge in [0, 0.05) is 12.1 Å². The Kier molecular flexibility index (Phi) is 4.20. The third kappa shape index (κ3) is 3.04. The molecule has 0 spiro atoms. The number of aromatic nitrogens is 1. The average Bonchev–Trinajstić information content (AvgIpc) is 3.17. The summed E-state index contributed by atoms with van der Waals surface area (Å²) in [4.78, 5) is 20.1. The second-order valence-electron chi connectivity index (χ2n) is 6.89. The average molecular weight is 380 g/mol. The quantitative estimate of drug-likeness (QED) is 0.660. The summed E-state index contributed by atoms with van der Waals surface area (Å²) < 4.78 is 12.4. The Morgan fingerprint density at radius 1 is 1.07 bits per heavy atom. The Labute approximate surface area is 161 Å². The van der Waals surface area contributed by atoms with E-state index in [2.05, 4.69) is 6.07 Å². The molecule has 0 N–H and O–H groups in total. The highest BCUT2D eigenvalue weighted by molar-refractivity contribution is 7.18. The van der Waals surface area contributed by atoms with Crippen molar-refractivity contribution >= 4 is 27.5 Å². The van der Waals surface area contributed by atoms with Crippen molar-refractivity contribution in [3.05, 3.63) is 53.0 Å². The molecule has 0 radical (unpaired) electrons. The van der Waals surface area contributed by atoms with E-state index in [0.29, 0.717) is 30.3 Å². The molecule has 5 nitrogen and oxygen atoms in total. The number of nitrogens with zero attached hydrogens (tertiary/aromatic N) is 2. The van der Waals surface area contributed by atoms with Crippen LogP contribution in [0.15, 0.2) is 42.5 Å². The minimum absolute atomic E-state index is 0.0379. The van der Waals surface area contributed by atoms with Crippen LogP contribution in [-0.4, -0.2) is 35.5 Å². The van der Waals surface area contributed by atoms with E-state index in [1.54, 1.807) is 17.4 Å². The molecule has 2 aromatic carbocycles. The molecular weight excluding hydrogens is 360 g/mol. The highest BCUT2D eigenvalue weighted by Gasteiger charge is 2.31. The van der Waals surface area contributed by atoms with Crippen molar-refractivity contribution in [2.24, 2.45) is 0 Å². The lowest BCUT2D eigenvalue weighted by Gasteiger charge is -2.34. The summed E-state index contributed by atoms with van der Waals surface area (Å²) in [7, 11) is 0. The molecule has 0 saturated carbocycles. The Morgan fingerprint density at radius 2 is 1.93 bits per heavy atom. The number of amides is 1. The molecular formula is C21H20N2O3S. The molecule has 6 heteroatoms. The van der Waals surface area contributed by atoms with Gasteiger partial charge < -0.3 is 14.4 Å². The number of benzene rings is 2. The Hall–Kier alpha value is -2.60. The minimum Gasteiger partial charge on any atom is -0.486 e. The molecule has 0 bridgehead atoms. The van der Waals surface area contributed by atoms with Crippen molar-refractivity contribution in [2.45, 2.75) is 25.3 Å². The first-order chi connectivity index (χ1) is 13.3. The monoisotopic (exact) mass is 380 g/mol. The van der Waals surface area contributed by atoms with E-state index in [-0.39, 0.29) is 11.9 Å². The standard InChI is InChI=1S/C21H20N2O3S/c24-21(14-8-9-17-18(13-14)26-12-11-25-17)23-10-4-3-6-16(23)20-22-15-5-1-2-7-19(15)27-20/h1-2,5,7-9,13,16H,3-4,6,10-12H2. The maximum absolute atomic E-state index is 13.3. The van der Waals surface area contributed by atoms with Gasteiger partial charge >= 0.3 is 0 Å². The Balaban J connectivity index is 1.47. The molecule has 1 atom stereocenters. The van der Waals surface area contributed by atoms with Crippen LogP contribution in [0.2, 0.25) is 0 Å². The van der Waals surface area contributed by atoms with Crippen LogP contribution in [-0.2, 0) is 0 Å². The van der Waals surface area contributed by atoms with Crippen molar-refractivity contribution in [3.63, 3.8) is 0 Å². The number of carbonyl (C=O) groups excluding carboxylic acids is 1. The molecule has 1 aromatic heterocycles. The number of hydrogen-bond acceptors (Lipinski definition) is 5. The largest absolute Gasteiger partial charge is 0.486 e. The van der Waals surface area contributed by atoms with E-state index in [1.807, 2.05) is 35.2 Å². The van der Waals surface area contributed by atoms with Crippen LogP contribution in [0, 0.1) is 0 Å². The van der Waals surface area contributed by atoms with Crippen molar-refractivity contribution in [1.82, 2.24) is 9.88 Å². The second-order valence-corrected chi connectivity index (χ2v) is 7.95. The van der Waals surface area contributed by atoms with Crippen LogP contribution in [0.1, 0.15) is 40.7 Å². The lowest BCUT2D eigenvalue weighted by molar-refractivity contribution is 0.0610. The summed E-state index contributed by atoms with van der Waals surface area (Å²) in [6.07, 6.45) is 3.10. The van der Waals surface area contributed by atoms with Gasteiger partial charge in [0.1, 0.15) is 18.2 Å². The van der Waals surface area contributed by atoms with E-state index in [9.17, 15) is 4.79 Å². The first kappa shape index (κ1) is 16.6. The van der Waals surface area contributed by atoms with E-state index in [0.717, 1.165) is 36.3 Å². The third-order valence-electron chi connectivity index (χ3n) is 5.15. The van der Waals surface area contributed by atoms with Crippen LogP contribution < -0.4 is 9.47 Å². The van der Waals surface area contributed by atoms with Gasteiger partial charge in [0.2, 0.25) is 0 Å². The number of carbonyl (C=O) groups is 1. The van der Waals surface area contributed by atoms with Crippen LogP contribution in [0.25, 0.3) is 10.2 Å². The number of piperidine rings is 1. The second kappa shape index (κ2) is 6.85. The summed E-state index contributed by atoms with van der Waals surface area (Å²) in [6, 6.07) is 13.7. The number of hydrogen-bond donors (Lipinski definition) is 0. The number of rotatable bonds is 2. The Bertz CT molecular complexity index is 967. The lowest BCUT2D eigenvalue weighted by atomic mass is 10.0. The smallest absolute Gasteiger partial charge is 0.254 e. The first-order valence-corrected chi connectivity index (χ1v) is 10.2. The molecule has 27 heavy (non-hydrogen) atoms. The third-order valence-corrected chi connectivity index (χ3v) is 6.29. The maximum Gasteiger partial charge on any atom is 0.254 e. The molecule has 2 aliphatic heterocycles. The Morgan fingerprint density at radius 3 is 2.81 bits per heavy atom. The molecule has 5 rings (SSSR count). The fraction of sp³-hybridized carbons (Fsp3) is 0.333. The summed E-state index contributed by atoms with van der Waals surface area (Å²) in [5, 5.41) is 1.03. The lowest BCUT2D eigenvalue weighted by Crippen LogP contribution is -2.38. The zero-order valence-corrected chi connectivity index (χ0v) is 15.7. The van der Waals surface area contributed by atoms with Crippen molar-refractivity contribution in [1.29, 1.82) is 0 Å². The van der Waals surface area contributed by atoms with Gasteiger partial charge in [-0.1, -0.05) is 12.1 Å². The summed E-state index contributed by atoms with van der Waals surface area (Å²) in [5.41, 5.74) is 1.65. The molecule has 1 saturated heterocycles. The highest BCUT2D eigenvalue weighted by atomic mass is 32.1. The van der Waals surface area contributed by atoms with Gasteiger partial charge in [0.15, 0.2) is 11.5 Å². The number of para-hydroxylation sites is 1. The normalized spacial score (nSPS) is 19.3.